The second kappa shape index (κ2) is 11.1. The molecule has 3 aromatic carbocycles. The van der Waals surface area contributed by atoms with Gasteiger partial charge in [-0.15, -0.1) is 0 Å². The monoisotopic (exact) mass is 488 g/mol. The van der Waals surface area contributed by atoms with Gasteiger partial charge >= 0.3 is 0 Å². The Morgan fingerprint density at radius 3 is 2.34 bits per heavy atom. The molecule has 0 spiro atoms. The highest BCUT2D eigenvalue weighted by atomic mass is 32.1. The number of nitrogens with one attached hydrogen (secondary N) is 1. The van der Waals surface area contributed by atoms with Crippen LogP contribution in [0, 0.1) is 0 Å². The van der Waals surface area contributed by atoms with Crippen molar-refractivity contribution in [1.82, 2.24) is 5.32 Å². The number of benzene rings is 3. The highest BCUT2D eigenvalue weighted by Crippen LogP contribution is 2.30. The number of para-hydroxylation sites is 3. The predicted molar refractivity (Wildman–Crippen MR) is 142 cm³/mol. The van der Waals surface area contributed by atoms with Crippen molar-refractivity contribution in [1.29, 1.82) is 0 Å². The SMILES string of the molecule is CCOc1ccccc1OCc1cc(/C=C2/NC(=S)N(c3ccccc3CC)C2=O)ccc1OC. The summed E-state index contributed by atoms with van der Waals surface area (Å²) in [6.45, 7) is 4.82. The Hall–Kier alpha value is -3.84. The number of nitrogens with zero attached hydrogens (tertiary/aromatic N) is 1. The number of carbonyl (C=O) groups excluding carboxylic acids is 1. The van der Waals surface area contributed by atoms with Gasteiger partial charge in [0.2, 0.25) is 0 Å². The Morgan fingerprint density at radius 1 is 0.914 bits per heavy atom. The fourth-order valence-electron chi connectivity index (χ4n) is 3.95. The standard InChI is InChI=1S/C28H28N2O4S/c1-4-20-10-6-7-11-23(20)30-27(31)22(29-28(30)35)17-19-14-15-24(32-3)21(16-19)18-34-26-13-9-8-12-25(26)33-5-2/h6-17H,4-5,18H2,1-3H3,(H,29,35)/b22-17+. The first-order chi connectivity index (χ1) is 17.0. The smallest absolute Gasteiger partial charge is 0.281 e. The highest BCUT2D eigenvalue weighted by molar-refractivity contribution is 7.80. The van der Waals surface area contributed by atoms with Crippen LogP contribution in [0.5, 0.6) is 17.2 Å². The van der Waals surface area contributed by atoms with Crippen molar-refractivity contribution in [3.05, 3.63) is 89.1 Å². The van der Waals surface area contributed by atoms with Crippen LogP contribution in [0.15, 0.2) is 72.4 Å². The zero-order chi connectivity index (χ0) is 24.8. The number of aryl methyl sites for hydroxylation is 1. The molecule has 1 aliphatic heterocycles. The highest BCUT2D eigenvalue weighted by Gasteiger charge is 2.33. The number of carbonyl (C=O) groups is 1. The van der Waals surface area contributed by atoms with E-state index in [2.05, 4.69) is 12.2 Å². The van der Waals surface area contributed by atoms with Gasteiger partial charge in [0.1, 0.15) is 18.1 Å². The summed E-state index contributed by atoms with van der Waals surface area (Å²) in [5, 5.41) is 3.44. The van der Waals surface area contributed by atoms with Gasteiger partial charge in [-0.2, -0.15) is 0 Å². The summed E-state index contributed by atoms with van der Waals surface area (Å²) < 4.78 is 17.2. The minimum Gasteiger partial charge on any atom is -0.496 e. The lowest BCUT2D eigenvalue weighted by atomic mass is 10.1. The third-order valence-corrected chi connectivity index (χ3v) is 5.92. The molecule has 0 atom stereocenters. The Bertz CT molecular complexity index is 1270. The van der Waals surface area contributed by atoms with Gasteiger partial charge in [-0.25, -0.2) is 0 Å². The largest absolute Gasteiger partial charge is 0.496 e. The zero-order valence-corrected chi connectivity index (χ0v) is 20.9. The van der Waals surface area contributed by atoms with E-state index in [1.54, 1.807) is 18.1 Å². The van der Waals surface area contributed by atoms with E-state index in [9.17, 15) is 4.79 Å². The second-order valence-corrected chi connectivity index (χ2v) is 8.24. The summed E-state index contributed by atoms with van der Waals surface area (Å²) >= 11 is 5.50. The molecule has 7 heteroatoms. The molecule has 0 bridgehead atoms. The van der Waals surface area contributed by atoms with Gasteiger partial charge in [0.25, 0.3) is 5.91 Å². The fourth-order valence-corrected chi connectivity index (χ4v) is 4.24. The van der Waals surface area contributed by atoms with Crippen LogP contribution in [-0.4, -0.2) is 24.7 Å². The number of thiocarbonyl (C=S) groups is 1. The lowest BCUT2D eigenvalue weighted by Crippen LogP contribution is -2.31. The van der Waals surface area contributed by atoms with Gasteiger partial charge < -0.3 is 19.5 Å². The predicted octanol–water partition coefficient (Wildman–Crippen LogP) is 5.50. The normalized spacial score (nSPS) is 14.3. The van der Waals surface area contributed by atoms with Crippen LogP contribution in [0.1, 0.15) is 30.5 Å². The van der Waals surface area contributed by atoms with Crippen molar-refractivity contribution in [3.8, 4) is 17.2 Å². The Morgan fingerprint density at radius 2 is 1.63 bits per heavy atom. The Balaban J connectivity index is 1.58. The number of anilines is 1. The van der Waals surface area contributed by atoms with Crippen LogP contribution in [0.25, 0.3) is 6.08 Å². The third-order valence-electron chi connectivity index (χ3n) is 5.64. The van der Waals surface area contributed by atoms with E-state index >= 15 is 0 Å². The fraction of sp³-hybridized carbons (Fsp3) is 0.214. The lowest BCUT2D eigenvalue weighted by molar-refractivity contribution is -0.113. The molecule has 1 fully saturated rings. The van der Waals surface area contributed by atoms with E-state index in [1.165, 1.54) is 0 Å². The number of hydrogen-bond donors (Lipinski definition) is 1. The van der Waals surface area contributed by atoms with Crippen LogP contribution in [0.2, 0.25) is 0 Å². The number of rotatable bonds is 9. The molecule has 4 rings (SSSR count). The van der Waals surface area contributed by atoms with Crippen LogP contribution >= 0.6 is 12.2 Å². The van der Waals surface area contributed by atoms with E-state index in [1.807, 2.05) is 73.7 Å². The molecule has 0 saturated carbocycles. The average molecular weight is 489 g/mol. The maximum Gasteiger partial charge on any atom is 0.281 e. The maximum atomic E-state index is 13.3. The Kier molecular flexibility index (Phi) is 7.67. The molecule has 35 heavy (non-hydrogen) atoms. The van der Waals surface area contributed by atoms with E-state index < -0.39 is 0 Å². The summed E-state index contributed by atoms with van der Waals surface area (Å²) in [6, 6.07) is 21.0. The van der Waals surface area contributed by atoms with Gasteiger partial charge in [-0.1, -0.05) is 43.3 Å². The van der Waals surface area contributed by atoms with Gasteiger partial charge in [-0.05, 0) is 73.1 Å². The molecule has 3 aromatic rings. The second-order valence-electron chi connectivity index (χ2n) is 7.85. The van der Waals surface area contributed by atoms with Gasteiger partial charge in [0.15, 0.2) is 16.6 Å². The number of methoxy groups -OCH3 is 1. The average Bonchev–Trinajstić information content (AvgIpc) is 3.15. The topological polar surface area (TPSA) is 60.0 Å². The molecular formula is C28H28N2O4S. The number of amides is 1. The van der Waals surface area contributed by atoms with Gasteiger partial charge in [0, 0.05) is 5.56 Å². The molecule has 1 heterocycles. The van der Waals surface area contributed by atoms with Crippen molar-refractivity contribution in [2.24, 2.45) is 0 Å². The third kappa shape index (κ3) is 5.30. The zero-order valence-electron chi connectivity index (χ0n) is 20.0. The van der Waals surface area contributed by atoms with E-state index in [0.29, 0.717) is 34.7 Å². The number of hydrogen-bond acceptors (Lipinski definition) is 5. The number of ether oxygens (including phenoxy) is 3. The minimum atomic E-state index is -0.185. The lowest BCUT2D eigenvalue weighted by Gasteiger charge is -2.17. The van der Waals surface area contributed by atoms with Crippen LogP contribution < -0.4 is 24.4 Å². The van der Waals surface area contributed by atoms with Crippen molar-refractivity contribution in [2.45, 2.75) is 26.9 Å². The van der Waals surface area contributed by atoms with Crippen molar-refractivity contribution < 1.29 is 19.0 Å². The van der Waals surface area contributed by atoms with Crippen LogP contribution in [0.4, 0.5) is 5.69 Å². The molecule has 6 nitrogen and oxygen atoms in total. The van der Waals surface area contributed by atoms with Crippen molar-refractivity contribution in [2.75, 3.05) is 18.6 Å². The molecular weight excluding hydrogens is 460 g/mol. The van der Waals surface area contributed by atoms with E-state index in [-0.39, 0.29) is 12.5 Å². The molecule has 1 N–H and O–H groups in total. The molecule has 180 valence electrons. The quantitative estimate of drug-likeness (QED) is 0.317. The van der Waals surface area contributed by atoms with E-state index in [4.69, 9.17) is 26.4 Å². The summed E-state index contributed by atoms with van der Waals surface area (Å²) in [7, 11) is 1.62. The van der Waals surface area contributed by atoms with Gasteiger partial charge in [0.05, 0.1) is 19.4 Å². The summed E-state index contributed by atoms with van der Waals surface area (Å²) in [5.41, 5.74) is 3.95. The summed E-state index contributed by atoms with van der Waals surface area (Å²) in [5.74, 6) is 1.85. The van der Waals surface area contributed by atoms with Gasteiger partial charge in [-0.3, -0.25) is 9.69 Å². The van der Waals surface area contributed by atoms with Crippen LogP contribution in [-0.2, 0) is 17.8 Å². The molecule has 1 aliphatic rings. The molecule has 1 amide bonds. The maximum absolute atomic E-state index is 13.3. The van der Waals surface area contributed by atoms with Crippen molar-refractivity contribution >= 4 is 35.0 Å². The first-order valence-corrected chi connectivity index (χ1v) is 11.9. The molecule has 0 radical (unpaired) electrons. The molecule has 0 unspecified atom stereocenters. The Labute approximate surface area is 211 Å². The summed E-state index contributed by atoms with van der Waals surface area (Å²) in [4.78, 5) is 14.8. The molecule has 0 aromatic heterocycles. The van der Waals surface area contributed by atoms with Crippen molar-refractivity contribution in [3.63, 3.8) is 0 Å². The summed E-state index contributed by atoms with van der Waals surface area (Å²) in [6.07, 6.45) is 2.59. The first kappa shape index (κ1) is 24.3. The van der Waals surface area contributed by atoms with E-state index in [0.717, 1.165) is 28.8 Å². The molecule has 1 saturated heterocycles. The van der Waals surface area contributed by atoms with Crippen LogP contribution in [0.3, 0.4) is 0 Å². The first-order valence-electron chi connectivity index (χ1n) is 11.5. The molecule has 0 aliphatic carbocycles. The minimum absolute atomic E-state index is 0.185.